The molecular formula is C18H18N2O4. The van der Waals surface area contributed by atoms with Crippen LogP contribution in [0.4, 0.5) is 0 Å². The molecule has 0 saturated carbocycles. The number of hydrogen-bond donors (Lipinski definition) is 1. The maximum absolute atomic E-state index is 12.1. The van der Waals surface area contributed by atoms with Crippen LogP contribution in [0, 0.1) is 18.3 Å². The van der Waals surface area contributed by atoms with Gasteiger partial charge < -0.3 is 19.2 Å². The lowest BCUT2D eigenvalue weighted by molar-refractivity contribution is -0.117. The van der Waals surface area contributed by atoms with Crippen molar-refractivity contribution in [3.05, 3.63) is 53.0 Å². The molecule has 0 spiro atoms. The van der Waals surface area contributed by atoms with Crippen LogP contribution >= 0.6 is 0 Å². The number of carbonyl (C=O) groups is 1. The highest BCUT2D eigenvalue weighted by molar-refractivity contribution is 6.01. The number of nitrogens with zero attached hydrogens (tertiary/aromatic N) is 1. The highest BCUT2D eigenvalue weighted by atomic mass is 16.5. The van der Waals surface area contributed by atoms with E-state index in [2.05, 4.69) is 5.32 Å². The van der Waals surface area contributed by atoms with Crippen LogP contribution in [0.2, 0.25) is 0 Å². The molecule has 0 radical (unpaired) electrons. The molecule has 124 valence electrons. The van der Waals surface area contributed by atoms with Gasteiger partial charge in [-0.3, -0.25) is 4.79 Å². The Morgan fingerprint density at radius 1 is 1.25 bits per heavy atom. The van der Waals surface area contributed by atoms with Crippen molar-refractivity contribution in [1.82, 2.24) is 5.32 Å². The fourth-order valence-corrected chi connectivity index (χ4v) is 2.10. The van der Waals surface area contributed by atoms with E-state index in [0.717, 1.165) is 5.76 Å². The smallest absolute Gasteiger partial charge is 0.262 e. The SMILES string of the molecule is COc1ccc(/C=C(\C#N)C(=O)NCc2ccc(C)o2)cc1OC. The first-order chi connectivity index (χ1) is 11.6. The lowest BCUT2D eigenvalue weighted by Gasteiger charge is -2.08. The van der Waals surface area contributed by atoms with Crippen LogP contribution in [0.3, 0.4) is 0 Å². The molecule has 0 aliphatic rings. The Labute approximate surface area is 140 Å². The summed E-state index contributed by atoms with van der Waals surface area (Å²) in [7, 11) is 3.06. The summed E-state index contributed by atoms with van der Waals surface area (Å²) in [4.78, 5) is 12.1. The zero-order valence-corrected chi connectivity index (χ0v) is 13.8. The summed E-state index contributed by atoms with van der Waals surface area (Å²) in [5.41, 5.74) is 0.652. The van der Waals surface area contributed by atoms with Crippen LogP contribution in [0.5, 0.6) is 11.5 Å². The summed E-state index contributed by atoms with van der Waals surface area (Å²) in [6.45, 7) is 2.04. The van der Waals surface area contributed by atoms with Gasteiger partial charge in [0.2, 0.25) is 0 Å². The number of ether oxygens (including phenoxy) is 2. The van der Waals surface area contributed by atoms with E-state index >= 15 is 0 Å². The van der Waals surface area contributed by atoms with Crippen LogP contribution in [-0.4, -0.2) is 20.1 Å². The van der Waals surface area contributed by atoms with Crippen molar-refractivity contribution in [3.8, 4) is 17.6 Å². The summed E-state index contributed by atoms with van der Waals surface area (Å²) >= 11 is 0. The van der Waals surface area contributed by atoms with Gasteiger partial charge in [0.25, 0.3) is 5.91 Å². The first-order valence-corrected chi connectivity index (χ1v) is 7.24. The maximum Gasteiger partial charge on any atom is 0.262 e. The molecule has 6 nitrogen and oxygen atoms in total. The molecule has 1 N–H and O–H groups in total. The van der Waals surface area contributed by atoms with E-state index in [4.69, 9.17) is 13.9 Å². The number of benzene rings is 1. The Kier molecular flexibility index (Phi) is 5.63. The van der Waals surface area contributed by atoms with Gasteiger partial charge in [0.15, 0.2) is 11.5 Å². The Morgan fingerprint density at radius 3 is 2.58 bits per heavy atom. The van der Waals surface area contributed by atoms with E-state index in [1.807, 2.05) is 19.1 Å². The summed E-state index contributed by atoms with van der Waals surface area (Å²) in [6, 6.07) is 10.6. The van der Waals surface area contributed by atoms with Gasteiger partial charge in [0.1, 0.15) is 23.2 Å². The average Bonchev–Trinajstić information content (AvgIpc) is 3.02. The van der Waals surface area contributed by atoms with Crippen LogP contribution < -0.4 is 14.8 Å². The van der Waals surface area contributed by atoms with Crippen LogP contribution in [0.25, 0.3) is 6.08 Å². The first kappa shape index (κ1) is 17.2. The van der Waals surface area contributed by atoms with Gasteiger partial charge in [-0.1, -0.05) is 6.07 Å². The van der Waals surface area contributed by atoms with Gasteiger partial charge in [-0.05, 0) is 42.8 Å². The number of methoxy groups -OCH3 is 2. The largest absolute Gasteiger partial charge is 0.493 e. The quantitative estimate of drug-likeness (QED) is 0.652. The highest BCUT2D eigenvalue weighted by Gasteiger charge is 2.11. The molecule has 1 aromatic carbocycles. The highest BCUT2D eigenvalue weighted by Crippen LogP contribution is 2.28. The average molecular weight is 326 g/mol. The standard InChI is InChI=1S/C18H18N2O4/c1-12-4-6-15(24-12)11-20-18(21)14(10-19)8-13-5-7-16(22-2)17(9-13)23-3/h4-9H,11H2,1-3H3,(H,20,21)/b14-8+. The fraction of sp³-hybridized carbons (Fsp3) is 0.222. The molecule has 6 heteroatoms. The van der Waals surface area contributed by atoms with E-state index in [9.17, 15) is 10.1 Å². The second kappa shape index (κ2) is 7.88. The zero-order valence-electron chi connectivity index (χ0n) is 13.8. The molecule has 2 rings (SSSR count). The number of hydrogen-bond acceptors (Lipinski definition) is 5. The minimum Gasteiger partial charge on any atom is -0.493 e. The van der Waals surface area contributed by atoms with Crippen LogP contribution in [-0.2, 0) is 11.3 Å². The van der Waals surface area contributed by atoms with E-state index in [1.54, 1.807) is 24.3 Å². The molecule has 1 amide bonds. The molecule has 1 aromatic heterocycles. The summed E-state index contributed by atoms with van der Waals surface area (Å²) in [6.07, 6.45) is 1.49. The van der Waals surface area contributed by atoms with Gasteiger partial charge in [-0.2, -0.15) is 5.26 Å². The normalized spacial score (nSPS) is 10.8. The Balaban J connectivity index is 2.13. The predicted molar refractivity (Wildman–Crippen MR) is 88.4 cm³/mol. The van der Waals surface area contributed by atoms with E-state index in [1.165, 1.54) is 20.3 Å². The molecule has 0 saturated heterocycles. The summed E-state index contributed by atoms with van der Waals surface area (Å²) < 4.78 is 15.7. The van der Waals surface area contributed by atoms with Gasteiger partial charge in [-0.15, -0.1) is 0 Å². The second-order valence-corrected chi connectivity index (χ2v) is 4.98. The third-order valence-electron chi connectivity index (χ3n) is 3.30. The molecule has 0 bridgehead atoms. The lowest BCUT2D eigenvalue weighted by atomic mass is 10.1. The molecule has 1 heterocycles. The molecule has 0 aliphatic carbocycles. The second-order valence-electron chi connectivity index (χ2n) is 4.98. The van der Waals surface area contributed by atoms with Crippen LogP contribution in [0.15, 0.2) is 40.3 Å². The van der Waals surface area contributed by atoms with Crippen molar-refractivity contribution in [2.24, 2.45) is 0 Å². The number of rotatable bonds is 6. The maximum atomic E-state index is 12.1. The molecular weight excluding hydrogens is 308 g/mol. The number of nitriles is 1. The van der Waals surface area contributed by atoms with Crippen LogP contribution in [0.1, 0.15) is 17.1 Å². The Morgan fingerprint density at radius 2 is 2.00 bits per heavy atom. The first-order valence-electron chi connectivity index (χ1n) is 7.24. The van der Waals surface area contributed by atoms with Crippen molar-refractivity contribution >= 4 is 12.0 Å². The summed E-state index contributed by atoms with van der Waals surface area (Å²) in [5.74, 6) is 2.02. The Hall–Kier alpha value is -3.20. The van der Waals surface area contributed by atoms with Gasteiger partial charge in [0, 0.05) is 0 Å². The minimum absolute atomic E-state index is 0.00880. The molecule has 0 fully saturated rings. The monoisotopic (exact) mass is 326 g/mol. The van der Waals surface area contributed by atoms with E-state index < -0.39 is 5.91 Å². The van der Waals surface area contributed by atoms with Crippen molar-refractivity contribution < 1.29 is 18.7 Å². The third-order valence-corrected chi connectivity index (χ3v) is 3.30. The fourth-order valence-electron chi connectivity index (χ4n) is 2.10. The molecule has 24 heavy (non-hydrogen) atoms. The lowest BCUT2D eigenvalue weighted by Crippen LogP contribution is -2.23. The number of nitrogens with one attached hydrogen (secondary N) is 1. The molecule has 0 aliphatic heterocycles. The van der Waals surface area contributed by atoms with Crippen molar-refractivity contribution in [3.63, 3.8) is 0 Å². The van der Waals surface area contributed by atoms with Gasteiger partial charge in [0.05, 0.1) is 20.8 Å². The Bertz CT molecular complexity index is 800. The van der Waals surface area contributed by atoms with Gasteiger partial charge in [-0.25, -0.2) is 0 Å². The minimum atomic E-state index is -0.471. The number of carbonyl (C=O) groups excluding carboxylic acids is 1. The topological polar surface area (TPSA) is 84.5 Å². The number of aryl methyl sites for hydroxylation is 1. The molecule has 2 aromatic rings. The zero-order chi connectivity index (χ0) is 17.5. The van der Waals surface area contributed by atoms with Crippen molar-refractivity contribution in [1.29, 1.82) is 5.26 Å². The number of amides is 1. The predicted octanol–water partition coefficient (Wildman–Crippen LogP) is 2.83. The van der Waals surface area contributed by atoms with E-state index in [0.29, 0.717) is 22.8 Å². The molecule has 0 unspecified atom stereocenters. The summed E-state index contributed by atoms with van der Waals surface area (Å²) in [5, 5.41) is 11.9. The molecule has 0 atom stereocenters. The number of furan rings is 1. The van der Waals surface area contributed by atoms with Crippen molar-refractivity contribution in [2.75, 3.05) is 14.2 Å². The van der Waals surface area contributed by atoms with Crippen molar-refractivity contribution in [2.45, 2.75) is 13.5 Å². The third kappa shape index (κ3) is 4.17. The van der Waals surface area contributed by atoms with Gasteiger partial charge >= 0.3 is 0 Å². The van der Waals surface area contributed by atoms with E-state index in [-0.39, 0.29) is 12.1 Å².